The van der Waals surface area contributed by atoms with E-state index in [4.69, 9.17) is 0 Å². The average molecular weight is 325 g/mol. The van der Waals surface area contributed by atoms with Gasteiger partial charge in [0.1, 0.15) is 11.5 Å². The molecule has 0 saturated heterocycles. The van der Waals surface area contributed by atoms with E-state index >= 15 is 0 Å². The van der Waals surface area contributed by atoms with Gasteiger partial charge in [0.15, 0.2) is 0 Å². The van der Waals surface area contributed by atoms with Gasteiger partial charge in [-0.15, -0.1) is 0 Å². The van der Waals surface area contributed by atoms with E-state index in [0.717, 1.165) is 12.8 Å². The molecule has 0 heterocycles. The fourth-order valence-electron chi connectivity index (χ4n) is 1.78. The van der Waals surface area contributed by atoms with Crippen LogP contribution in [0, 0.1) is 0 Å². The largest absolute Gasteiger partial charge is 0.507 e. The van der Waals surface area contributed by atoms with Gasteiger partial charge >= 0.3 is 0 Å². The van der Waals surface area contributed by atoms with Gasteiger partial charge < -0.3 is 10.2 Å². The number of rotatable bonds is 5. The smallest absolute Gasteiger partial charge is 0.123 e. The van der Waals surface area contributed by atoms with Crippen molar-refractivity contribution in [3.05, 3.63) is 45.5 Å². The number of allylic oxidation sites excluding steroid dienone is 4. The molecular formula is C16H21BrO2. The van der Waals surface area contributed by atoms with Crippen molar-refractivity contribution in [2.45, 2.75) is 40.0 Å². The Kier molecular flexibility index (Phi) is 6.16. The summed E-state index contributed by atoms with van der Waals surface area (Å²) >= 11 is 3.23. The first-order valence-electron chi connectivity index (χ1n) is 6.39. The minimum absolute atomic E-state index is 0.125. The molecule has 1 rings (SSSR count). The lowest BCUT2D eigenvalue weighted by Gasteiger charge is -2.06. The lowest BCUT2D eigenvalue weighted by Crippen LogP contribution is -1.87. The van der Waals surface area contributed by atoms with Gasteiger partial charge in [0.2, 0.25) is 0 Å². The first-order valence-corrected chi connectivity index (χ1v) is 7.18. The van der Waals surface area contributed by atoms with Crippen molar-refractivity contribution in [2.75, 3.05) is 0 Å². The average Bonchev–Trinajstić information content (AvgIpc) is 2.26. The van der Waals surface area contributed by atoms with Gasteiger partial charge in [0.05, 0.1) is 0 Å². The van der Waals surface area contributed by atoms with Crippen LogP contribution in [0.4, 0.5) is 0 Å². The van der Waals surface area contributed by atoms with Crippen LogP contribution >= 0.6 is 15.9 Å². The molecule has 0 atom stereocenters. The monoisotopic (exact) mass is 324 g/mol. The summed E-state index contributed by atoms with van der Waals surface area (Å²) < 4.78 is 0.676. The molecule has 0 fully saturated rings. The maximum absolute atomic E-state index is 9.81. The van der Waals surface area contributed by atoms with Crippen LogP contribution in [0.3, 0.4) is 0 Å². The second-order valence-corrected chi connectivity index (χ2v) is 5.91. The van der Waals surface area contributed by atoms with Crippen molar-refractivity contribution in [1.82, 2.24) is 0 Å². The number of phenols is 2. The highest BCUT2D eigenvalue weighted by Gasteiger charge is 2.07. The summed E-state index contributed by atoms with van der Waals surface area (Å²) in [5, 5.41) is 19.6. The highest BCUT2D eigenvalue weighted by Crippen LogP contribution is 2.32. The summed E-state index contributed by atoms with van der Waals surface area (Å²) in [7, 11) is 0. The molecule has 3 heteroatoms. The molecule has 104 valence electrons. The minimum atomic E-state index is 0.125. The Hall–Kier alpha value is -1.22. The predicted octanol–water partition coefficient (Wildman–Crippen LogP) is 5.10. The molecule has 2 N–H and O–H groups in total. The van der Waals surface area contributed by atoms with Crippen molar-refractivity contribution in [1.29, 1.82) is 0 Å². The van der Waals surface area contributed by atoms with Gasteiger partial charge in [-0.05, 0) is 52.2 Å². The van der Waals surface area contributed by atoms with E-state index in [9.17, 15) is 10.2 Å². The van der Waals surface area contributed by atoms with E-state index in [1.807, 2.05) is 0 Å². The molecule has 0 spiro atoms. The van der Waals surface area contributed by atoms with Crippen molar-refractivity contribution in [2.24, 2.45) is 0 Å². The molecule has 0 aromatic heterocycles. The lowest BCUT2D eigenvalue weighted by atomic mass is 10.0. The highest BCUT2D eigenvalue weighted by atomic mass is 79.9. The van der Waals surface area contributed by atoms with Crippen molar-refractivity contribution >= 4 is 15.9 Å². The third-order valence-corrected chi connectivity index (χ3v) is 3.37. The number of benzene rings is 1. The molecule has 0 aliphatic heterocycles. The number of phenolic OH excluding ortho intramolecular Hbond substituents is 2. The van der Waals surface area contributed by atoms with Gasteiger partial charge in [-0.3, -0.25) is 0 Å². The van der Waals surface area contributed by atoms with Crippen LogP contribution in [-0.4, -0.2) is 10.2 Å². The van der Waals surface area contributed by atoms with Crippen LogP contribution in [0.15, 0.2) is 39.9 Å². The molecule has 1 aromatic rings. The number of hydrogen-bond acceptors (Lipinski definition) is 2. The normalized spacial score (nSPS) is 11.5. The molecule has 2 nitrogen and oxygen atoms in total. The predicted molar refractivity (Wildman–Crippen MR) is 83.6 cm³/mol. The van der Waals surface area contributed by atoms with E-state index in [-0.39, 0.29) is 11.5 Å². The highest BCUT2D eigenvalue weighted by molar-refractivity contribution is 9.10. The second kappa shape index (κ2) is 7.39. The quantitative estimate of drug-likeness (QED) is 0.740. The third-order valence-electron chi connectivity index (χ3n) is 2.91. The van der Waals surface area contributed by atoms with E-state index in [1.54, 1.807) is 12.1 Å². The number of halogens is 1. The van der Waals surface area contributed by atoms with Crippen molar-refractivity contribution in [3.63, 3.8) is 0 Å². The first-order chi connectivity index (χ1) is 8.90. The summed E-state index contributed by atoms with van der Waals surface area (Å²) in [6, 6.07) is 3.20. The molecule has 0 aliphatic carbocycles. The first kappa shape index (κ1) is 15.8. The third kappa shape index (κ3) is 5.52. The maximum Gasteiger partial charge on any atom is 0.123 e. The van der Waals surface area contributed by atoms with E-state index in [1.165, 1.54) is 11.1 Å². The zero-order valence-electron chi connectivity index (χ0n) is 11.7. The molecule has 19 heavy (non-hydrogen) atoms. The Morgan fingerprint density at radius 1 is 1.11 bits per heavy atom. The minimum Gasteiger partial charge on any atom is -0.507 e. The lowest BCUT2D eigenvalue weighted by molar-refractivity contribution is 0.440. The van der Waals surface area contributed by atoms with Crippen molar-refractivity contribution < 1.29 is 10.2 Å². The van der Waals surface area contributed by atoms with Crippen LogP contribution in [0.1, 0.15) is 39.2 Å². The van der Waals surface area contributed by atoms with Gasteiger partial charge in [-0.1, -0.05) is 39.2 Å². The zero-order valence-corrected chi connectivity index (χ0v) is 13.3. The Morgan fingerprint density at radius 3 is 2.21 bits per heavy atom. The van der Waals surface area contributed by atoms with Crippen LogP contribution in [0.2, 0.25) is 0 Å². The second-order valence-electron chi connectivity index (χ2n) is 5.00. The van der Waals surface area contributed by atoms with Gasteiger partial charge in [-0.25, -0.2) is 0 Å². The van der Waals surface area contributed by atoms with E-state index in [2.05, 4.69) is 48.9 Å². The summed E-state index contributed by atoms with van der Waals surface area (Å²) in [6.07, 6.45) is 6.85. The van der Waals surface area contributed by atoms with Crippen molar-refractivity contribution in [3.8, 4) is 11.5 Å². The van der Waals surface area contributed by atoms with E-state index < -0.39 is 0 Å². The zero-order chi connectivity index (χ0) is 14.4. The van der Waals surface area contributed by atoms with Crippen LogP contribution in [0.25, 0.3) is 0 Å². The molecule has 0 unspecified atom stereocenters. The molecule has 0 bridgehead atoms. The van der Waals surface area contributed by atoms with Gasteiger partial charge in [0, 0.05) is 10.0 Å². The molecular weight excluding hydrogens is 304 g/mol. The number of aromatic hydroxyl groups is 2. The summed E-state index contributed by atoms with van der Waals surface area (Å²) in [5.74, 6) is 0.250. The number of hydrogen-bond donors (Lipinski definition) is 2. The molecule has 0 aliphatic rings. The van der Waals surface area contributed by atoms with E-state index in [0.29, 0.717) is 16.5 Å². The SMILES string of the molecule is CC(C)=CCC/C(C)=C/Cc1c(O)cc(Br)cc1O. The van der Waals surface area contributed by atoms with Crippen LogP contribution in [-0.2, 0) is 6.42 Å². The maximum atomic E-state index is 9.81. The Labute approximate surface area is 123 Å². The summed E-state index contributed by atoms with van der Waals surface area (Å²) in [5.41, 5.74) is 3.17. The summed E-state index contributed by atoms with van der Waals surface area (Å²) in [6.45, 7) is 6.26. The van der Waals surface area contributed by atoms with Gasteiger partial charge in [0.25, 0.3) is 0 Å². The van der Waals surface area contributed by atoms with Crippen LogP contribution in [0.5, 0.6) is 11.5 Å². The standard InChI is InChI=1S/C16H21BrO2/c1-11(2)5-4-6-12(3)7-8-14-15(18)9-13(17)10-16(14)19/h5,7,9-10,18-19H,4,6,8H2,1-3H3/b12-7+. The van der Waals surface area contributed by atoms with Gasteiger partial charge in [-0.2, -0.15) is 0 Å². The Morgan fingerprint density at radius 2 is 1.68 bits per heavy atom. The Bertz CT molecular complexity index is 474. The fraction of sp³-hybridized carbons (Fsp3) is 0.375. The topological polar surface area (TPSA) is 40.5 Å². The molecule has 0 radical (unpaired) electrons. The Balaban J connectivity index is 2.68. The fourth-order valence-corrected chi connectivity index (χ4v) is 2.22. The summed E-state index contributed by atoms with van der Waals surface area (Å²) in [4.78, 5) is 0. The molecule has 1 aromatic carbocycles. The molecule has 0 amide bonds. The van der Waals surface area contributed by atoms with Crippen LogP contribution < -0.4 is 0 Å². The molecule has 0 saturated carbocycles.